The smallest absolute Gasteiger partial charge is 0.325 e. The normalized spacial score (nSPS) is 20.9. The van der Waals surface area contributed by atoms with E-state index in [0.29, 0.717) is 0 Å². The average molecular weight is 287 g/mol. The minimum absolute atomic E-state index is 0.0642. The predicted octanol–water partition coefficient (Wildman–Crippen LogP) is 0.682. The first-order chi connectivity index (χ1) is 8.91. The molecule has 1 unspecified atom stereocenters. The predicted molar refractivity (Wildman–Crippen MR) is 67.0 cm³/mol. The van der Waals surface area contributed by atoms with Gasteiger partial charge in [-0.3, -0.25) is 9.69 Å². The van der Waals surface area contributed by atoms with Crippen LogP contribution in [0.15, 0.2) is 24.3 Å². The topological polar surface area (TPSA) is 74.7 Å². The molecular formula is C12H14FNO4S. The Hall–Kier alpha value is -1.47. The molecule has 5 nitrogen and oxygen atoms in total. The molecule has 0 radical (unpaired) electrons. The van der Waals surface area contributed by atoms with Gasteiger partial charge in [-0.25, -0.2) is 12.8 Å². The molecule has 0 saturated carbocycles. The van der Waals surface area contributed by atoms with E-state index in [9.17, 15) is 22.7 Å². The molecule has 0 bridgehead atoms. The SMILES string of the molecule is O=C(O)C(c1ccccc1F)N1CCS(=O)(=O)CC1. The first-order valence-electron chi connectivity index (χ1n) is 5.82. The van der Waals surface area contributed by atoms with E-state index in [0.717, 1.165) is 0 Å². The van der Waals surface area contributed by atoms with Crippen molar-refractivity contribution in [2.24, 2.45) is 0 Å². The minimum Gasteiger partial charge on any atom is -0.480 e. The Morgan fingerprint density at radius 2 is 1.84 bits per heavy atom. The van der Waals surface area contributed by atoms with Crippen molar-refractivity contribution in [1.82, 2.24) is 4.90 Å². The molecule has 19 heavy (non-hydrogen) atoms. The lowest BCUT2D eigenvalue weighted by molar-refractivity contribution is -0.143. The van der Waals surface area contributed by atoms with Crippen molar-refractivity contribution >= 4 is 15.8 Å². The van der Waals surface area contributed by atoms with Crippen LogP contribution in [0.4, 0.5) is 4.39 Å². The van der Waals surface area contributed by atoms with Crippen LogP contribution in [0.1, 0.15) is 11.6 Å². The highest BCUT2D eigenvalue weighted by molar-refractivity contribution is 7.91. The number of rotatable bonds is 3. The Labute approximate surface area is 110 Å². The number of carboxylic acids is 1. The number of hydrogen-bond acceptors (Lipinski definition) is 4. The Kier molecular flexibility index (Phi) is 3.86. The number of sulfone groups is 1. The van der Waals surface area contributed by atoms with Crippen LogP contribution in [0.3, 0.4) is 0 Å². The highest BCUT2D eigenvalue weighted by Crippen LogP contribution is 2.25. The summed E-state index contributed by atoms with van der Waals surface area (Å²) in [6, 6.07) is 4.52. The van der Waals surface area contributed by atoms with Crippen LogP contribution in [0, 0.1) is 5.82 Å². The van der Waals surface area contributed by atoms with Gasteiger partial charge in [-0.2, -0.15) is 0 Å². The molecule has 1 aliphatic heterocycles. The van der Waals surface area contributed by atoms with Gasteiger partial charge in [-0.05, 0) is 6.07 Å². The molecule has 1 aromatic carbocycles. The van der Waals surface area contributed by atoms with E-state index >= 15 is 0 Å². The molecule has 1 saturated heterocycles. The second-order valence-corrected chi connectivity index (χ2v) is 6.75. The van der Waals surface area contributed by atoms with Gasteiger partial charge in [0.25, 0.3) is 0 Å². The Bertz CT molecular complexity index is 573. The maximum Gasteiger partial charge on any atom is 0.325 e. The van der Waals surface area contributed by atoms with Crippen LogP contribution in [-0.4, -0.2) is 49.0 Å². The van der Waals surface area contributed by atoms with Gasteiger partial charge in [-0.15, -0.1) is 0 Å². The molecule has 1 N–H and O–H groups in total. The van der Waals surface area contributed by atoms with E-state index in [1.165, 1.54) is 23.1 Å². The summed E-state index contributed by atoms with van der Waals surface area (Å²) in [4.78, 5) is 12.8. The van der Waals surface area contributed by atoms with Crippen LogP contribution in [-0.2, 0) is 14.6 Å². The molecule has 1 atom stereocenters. The van der Waals surface area contributed by atoms with Crippen LogP contribution >= 0.6 is 0 Å². The molecule has 1 fully saturated rings. The molecule has 1 aromatic rings. The summed E-state index contributed by atoms with van der Waals surface area (Å²) >= 11 is 0. The second kappa shape index (κ2) is 5.26. The summed E-state index contributed by atoms with van der Waals surface area (Å²) in [5.74, 6) is -1.95. The maximum absolute atomic E-state index is 13.7. The maximum atomic E-state index is 13.7. The van der Waals surface area contributed by atoms with E-state index < -0.39 is 27.7 Å². The molecule has 7 heteroatoms. The summed E-state index contributed by atoms with van der Waals surface area (Å²) in [6.07, 6.45) is 0. The van der Waals surface area contributed by atoms with Crippen molar-refractivity contribution < 1.29 is 22.7 Å². The van der Waals surface area contributed by atoms with Crippen LogP contribution in [0.25, 0.3) is 0 Å². The highest BCUT2D eigenvalue weighted by Gasteiger charge is 2.33. The molecule has 1 aliphatic rings. The number of nitrogens with zero attached hydrogens (tertiary/aromatic N) is 1. The standard InChI is InChI=1S/C12H14FNO4S/c13-10-4-2-1-3-9(10)11(12(15)16)14-5-7-19(17,18)8-6-14/h1-4,11H,5-8H2,(H,15,16). The fourth-order valence-corrected chi connectivity index (χ4v) is 3.40. The lowest BCUT2D eigenvalue weighted by Crippen LogP contribution is -2.45. The van der Waals surface area contributed by atoms with Crippen LogP contribution < -0.4 is 0 Å². The zero-order valence-electron chi connectivity index (χ0n) is 10.1. The number of aliphatic carboxylic acids is 1. The first kappa shape index (κ1) is 14.0. The van der Waals surface area contributed by atoms with Crippen molar-refractivity contribution in [3.8, 4) is 0 Å². The van der Waals surface area contributed by atoms with Crippen molar-refractivity contribution in [2.45, 2.75) is 6.04 Å². The summed E-state index contributed by atoms with van der Waals surface area (Å²) < 4.78 is 36.4. The van der Waals surface area contributed by atoms with Gasteiger partial charge in [0.2, 0.25) is 0 Å². The second-order valence-electron chi connectivity index (χ2n) is 4.45. The molecule has 1 heterocycles. The van der Waals surface area contributed by atoms with Gasteiger partial charge < -0.3 is 5.11 Å². The van der Waals surface area contributed by atoms with Crippen LogP contribution in [0.5, 0.6) is 0 Å². The largest absolute Gasteiger partial charge is 0.480 e. The number of carbonyl (C=O) groups is 1. The molecule has 0 aliphatic carbocycles. The van der Waals surface area contributed by atoms with Gasteiger partial charge in [0.1, 0.15) is 11.9 Å². The lowest BCUT2D eigenvalue weighted by Gasteiger charge is -2.32. The van der Waals surface area contributed by atoms with Crippen LogP contribution in [0.2, 0.25) is 0 Å². The number of halogens is 1. The molecule has 0 amide bonds. The van der Waals surface area contributed by atoms with Gasteiger partial charge in [0.05, 0.1) is 11.5 Å². The zero-order chi connectivity index (χ0) is 14.0. The van der Waals surface area contributed by atoms with Gasteiger partial charge >= 0.3 is 5.97 Å². The molecule has 2 rings (SSSR count). The minimum atomic E-state index is -3.10. The lowest BCUT2D eigenvalue weighted by atomic mass is 10.0. The fraction of sp³-hybridized carbons (Fsp3) is 0.417. The van der Waals surface area contributed by atoms with E-state index in [1.807, 2.05) is 0 Å². The molecule has 0 spiro atoms. The van der Waals surface area contributed by atoms with Crippen molar-refractivity contribution in [2.75, 3.05) is 24.6 Å². The highest BCUT2D eigenvalue weighted by atomic mass is 32.2. The first-order valence-corrected chi connectivity index (χ1v) is 7.64. The van der Waals surface area contributed by atoms with Crippen molar-refractivity contribution in [1.29, 1.82) is 0 Å². The van der Waals surface area contributed by atoms with E-state index in [4.69, 9.17) is 0 Å². The fourth-order valence-electron chi connectivity index (χ4n) is 2.17. The quantitative estimate of drug-likeness (QED) is 0.885. The van der Waals surface area contributed by atoms with Gasteiger partial charge in [0.15, 0.2) is 9.84 Å². The zero-order valence-corrected chi connectivity index (χ0v) is 10.9. The average Bonchev–Trinajstić information content (AvgIpc) is 2.33. The van der Waals surface area contributed by atoms with Crippen molar-refractivity contribution in [3.63, 3.8) is 0 Å². The van der Waals surface area contributed by atoms with Gasteiger partial charge in [-0.1, -0.05) is 18.2 Å². The third kappa shape index (κ3) is 3.10. The molecule has 0 aromatic heterocycles. The number of carboxylic acid groups (broad SMARTS) is 1. The van der Waals surface area contributed by atoms with E-state index in [1.54, 1.807) is 6.07 Å². The Morgan fingerprint density at radius 1 is 1.26 bits per heavy atom. The summed E-state index contributed by atoms with van der Waals surface area (Å²) in [5, 5.41) is 9.28. The summed E-state index contributed by atoms with van der Waals surface area (Å²) in [5.41, 5.74) is 0.0642. The number of benzene rings is 1. The van der Waals surface area contributed by atoms with Gasteiger partial charge in [0, 0.05) is 18.7 Å². The van der Waals surface area contributed by atoms with Crippen molar-refractivity contribution in [3.05, 3.63) is 35.6 Å². The third-order valence-corrected chi connectivity index (χ3v) is 4.79. The van der Waals surface area contributed by atoms with E-state index in [2.05, 4.69) is 0 Å². The Morgan fingerprint density at radius 3 is 2.37 bits per heavy atom. The molecule has 104 valence electrons. The molecular weight excluding hydrogens is 273 g/mol. The monoisotopic (exact) mass is 287 g/mol. The number of hydrogen-bond donors (Lipinski definition) is 1. The van der Waals surface area contributed by atoms with E-state index in [-0.39, 0.29) is 30.2 Å². The summed E-state index contributed by atoms with van der Waals surface area (Å²) in [6.45, 7) is 0.210. The third-order valence-electron chi connectivity index (χ3n) is 3.18. The summed E-state index contributed by atoms with van der Waals surface area (Å²) in [7, 11) is -3.10. The Balaban J connectivity index is 2.28.